The van der Waals surface area contributed by atoms with Gasteiger partial charge in [-0.3, -0.25) is 9.52 Å². The zero-order chi connectivity index (χ0) is 23.7. The lowest BCUT2D eigenvalue weighted by Gasteiger charge is -2.32. The van der Waals surface area contributed by atoms with E-state index < -0.39 is 10.0 Å². The molecule has 174 valence electrons. The molecule has 6 nitrogen and oxygen atoms in total. The molecule has 3 aromatic carbocycles. The third-order valence-corrected chi connectivity index (χ3v) is 8.00. The quantitative estimate of drug-likeness (QED) is 0.377. The number of sulfonamides is 1. The largest absolute Gasteiger partial charge is 0.361 e. The van der Waals surface area contributed by atoms with Gasteiger partial charge in [0.2, 0.25) is 0 Å². The lowest BCUT2D eigenvalue weighted by Crippen LogP contribution is -2.38. The summed E-state index contributed by atoms with van der Waals surface area (Å²) in [6, 6.07) is 20.9. The minimum atomic E-state index is -3.86. The van der Waals surface area contributed by atoms with Gasteiger partial charge in [-0.2, -0.15) is 0 Å². The number of carbonyl (C=O) groups is 1. The van der Waals surface area contributed by atoms with Crippen LogP contribution in [0.2, 0.25) is 5.02 Å². The van der Waals surface area contributed by atoms with Gasteiger partial charge in [-0.15, -0.1) is 0 Å². The second kappa shape index (κ2) is 9.16. The Balaban J connectivity index is 1.32. The lowest BCUT2D eigenvalue weighted by atomic mass is 9.89. The van der Waals surface area contributed by atoms with Crippen LogP contribution in [0.25, 0.3) is 10.9 Å². The molecule has 0 saturated carbocycles. The van der Waals surface area contributed by atoms with Crippen molar-refractivity contribution in [3.05, 3.63) is 95.1 Å². The van der Waals surface area contributed by atoms with Crippen LogP contribution in [-0.4, -0.2) is 37.3 Å². The SMILES string of the molecule is O=C(c1ccccc1NS(=O)(=O)c1ccc(Cl)cc1)N1CCC(c2c[nH]c3ccccc23)CC1. The summed E-state index contributed by atoms with van der Waals surface area (Å²) in [5.74, 6) is 0.200. The van der Waals surface area contributed by atoms with Crippen LogP contribution in [0.4, 0.5) is 5.69 Å². The van der Waals surface area contributed by atoms with E-state index in [0.29, 0.717) is 29.6 Å². The number of aromatic nitrogens is 1. The summed E-state index contributed by atoms with van der Waals surface area (Å²) in [4.78, 5) is 18.6. The molecule has 1 aliphatic rings. The number of amides is 1. The number of benzene rings is 3. The summed E-state index contributed by atoms with van der Waals surface area (Å²) in [5.41, 5.74) is 3.02. The van der Waals surface area contributed by atoms with Crippen molar-refractivity contribution in [2.45, 2.75) is 23.7 Å². The molecule has 1 fully saturated rings. The van der Waals surface area contributed by atoms with Gasteiger partial charge in [0.25, 0.3) is 15.9 Å². The number of carbonyl (C=O) groups excluding carboxylic acids is 1. The van der Waals surface area contributed by atoms with E-state index in [2.05, 4.69) is 28.0 Å². The van der Waals surface area contributed by atoms with Gasteiger partial charge < -0.3 is 9.88 Å². The zero-order valence-corrected chi connectivity index (χ0v) is 19.9. The number of H-pyrrole nitrogens is 1. The molecule has 0 atom stereocenters. The van der Waals surface area contributed by atoms with Gasteiger partial charge in [0.1, 0.15) is 0 Å². The van der Waals surface area contributed by atoms with Crippen molar-refractivity contribution in [2.75, 3.05) is 17.8 Å². The Morgan fingerprint density at radius 2 is 1.62 bits per heavy atom. The van der Waals surface area contributed by atoms with Crippen LogP contribution >= 0.6 is 11.6 Å². The molecule has 5 rings (SSSR count). The van der Waals surface area contributed by atoms with Gasteiger partial charge in [0, 0.05) is 35.2 Å². The first-order valence-electron chi connectivity index (χ1n) is 11.1. The van der Waals surface area contributed by atoms with E-state index in [4.69, 9.17) is 11.6 Å². The molecule has 2 heterocycles. The number of hydrogen-bond donors (Lipinski definition) is 2. The highest BCUT2D eigenvalue weighted by Crippen LogP contribution is 2.34. The molecule has 1 amide bonds. The second-order valence-electron chi connectivity index (χ2n) is 8.46. The summed E-state index contributed by atoms with van der Waals surface area (Å²) in [5, 5.41) is 1.68. The number of likely N-dealkylation sites (tertiary alicyclic amines) is 1. The summed E-state index contributed by atoms with van der Waals surface area (Å²) in [6.07, 6.45) is 3.78. The van der Waals surface area contributed by atoms with Crippen LogP contribution in [0.15, 0.2) is 83.9 Å². The number of rotatable bonds is 5. The summed E-state index contributed by atoms with van der Waals surface area (Å²) in [7, 11) is -3.86. The Hall–Kier alpha value is -3.29. The van der Waals surface area contributed by atoms with Crippen molar-refractivity contribution < 1.29 is 13.2 Å². The van der Waals surface area contributed by atoms with Gasteiger partial charge in [0.05, 0.1) is 16.1 Å². The van der Waals surface area contributed by atoms with Crippen LogP contribution in [0.3, 0.4) is 0 Å². The number of para-hydroxylation sites is 2. The van der Waals surface area contributed by atoms with Crippen molar-refractivity contribution in [1.82, 2.24) is 9.88 Å². The van der Waals surface area contributed by atoms with E-state index in [0.717, 1.165) is 18.4 Å². The van der Waals surface area contributed by atoms with Gasteiger partial charge in [-0.25, -0.2) is 8.42 Å². The van der Waals surface area contributed by atoms with Gasteiger partial charge >= 0.3 is 0 Å². The van der Waals surface area contributed by atoms with Crippen LogP contribution in [-0.2, 0) is 10.0 Å². The Morgan fingerprint density at radius 1 is 0.941 bits per heavy atom. The Kier molecular flexibility index (Phi) is 6.06. The Morgan fingerprint density at radius 3 is 2.38 bits per heavy atom. The molecule has 1 saturated heterocycles. The maximum atomic E-state index is 13.4. The van der Waals surface area contributed by atoms with E-state index in [1.165, 1.54) is 35.2 Å². The Bertz CT molecular complexity index is 1440. The molecule has 0 bridgehead atoms. The smallest absolute Gasteiger partial charge is 0.261 e. The zero-order valence-electron chi connectivity index (χ0n) is 18.4. The number of aromatic amines is 1. The predicted octanol–water partition coefficient (Wildman–Crippen LogP) is 5.64. The minimum Gasteiger partial charge on any atom is -0.361 e. The first-order chi connectivity index (χ1) is 16.4. The number of anilines is 1. The molecular formula is C26H24ClN3O3S. The highest BCUT2D eigenvalue weighted by molar-refractivity contribution is 7.92. The number of fused-ring (bicyclic) bond motifs is 1. The third-order valence-electron chi connectivity index (χ3n) is 6.37. The number of hydrogen-bond acceptors (Lipinski definition) is 3. The van der Waals surface area contributed by atoms with E-state index in [1.54, 1.807) is 29.2 Å². The van der Waals surface area contributed by atoms with E-state index in [-0.39, 0.29) is 16.5 Å². The van der Waals surface area contributed by atoms with Crippen LogP contribution < -0.4 is 4.72 Å². The van der Waals surface area contributed by atoms with Crippen LogP contribution in [0, 0.1) is 0 Å². The molecule has 4 aromatic rings. The fourth-order valence-corrected chi connectivity index (χ4v) is 5.78. The molecule has 0 radical (unpaired) electrons. The molecule has 34 heavy (non-hydrogen) atoms. The summed E-state index contributed by atoms with van der Waals surface area (Å²) in [6.45, 7) is 1.22. The molecule has 1 aliphatic heterocycles. The molecule has 0 spiro atoms. The molecule has 2 N–H and O–H groups in total. The normalized spacial score (nSPS) is 14.9. The standard InChI is InChI=1S/C26H24ClN3O3S/c27-19-9-11-20(12-10-19)34(32,33)29-25-8-4-2-6-22(25)26(31)30-15-13-18(14-16-30)23-17-28-24-7-3-1-5-21(23)24/h1-12,17-18,28-29H,13-16H2. The average Bonchev–Trinajstić information content (AvgIpc) is 3.28. The number of piperidine rings is 1. The maximum Gasteiger partial charge on any atom is 0.261 e. The number of nitrogens with zero attached hydrogens (tertiary/aromatic N) is 1. The summed E-state index contributed by atoms with van der Waals surface area (Å²) < 4.78 is 28.3. The average molecular weight is 494 g/mol. The van der Waals surface area contributed by atoms with Crippen molar-refractivity contribution in [3.63, 3.8) is 0 Å². The highest BCUT2D eigenvalue weighted by Gasteiger charge is 2.28. The monoisotopic (exact) mass is 493 g/mol. The van der Waals surface area contributed by atoms with Crippen LogP contribution in [0.1, 0.15) is 34.7 Å². The molecular weight excluding hydrogens is 470 g/mol. The first-order valence-corrected chi connectivity index (χ1v) is 13.0. The molecule has 0 aliphatic carbocycles. The second-order valence-corrected chi connectivity index (χ2v) is 10.6. The topological polar surface area (TPSA) is 82.3 Å². The molecule has 8 heteroatoms. The minimum absolute atomic E-state index is 0.0821. The predicted molar refractivity (Wildman–Crippen MR) is 135 cm³/mol. The van der Waals surface area contributed by atoms with Crippen molar-refractivity contribution >= 4 is 44.1 Å². The molecule has 0 unspecified atom stereocenters. The van der Waals surface area contributed by atoms with Gasteiger partial charge in [-0.1, -0.05) is 41.9 Å². The fraction of sp³-hybridized carbons (Fsp3) is 0.192. The highest BCUT2D eigenvalue weighted by atomic mass is 35.5. The fourth-order valence-electron chi connectivity index (χ4n) is 4.57. The van der Waals surface area contributed by atoms with Crippen molar-refractivity contribution in [2.24, 2.45) is 0 Å². The van der Waals surface area contributed by atoms with Crippen molar-refractivity contribution in [3.8, 4) is 0 Å². The van der Waals surface area contributed by atoms with Gasteiger partial charge in [0.15, 0.2) is 0 Å². The van der Waals surface area contributed by atoms with Crippen LogP contribution in [0.5, 0.6) is 0 Å². The maximum absolute atomic E-state index is 13.4. The first kappa shape index (κ1) is 22.5. The molecule has 1 aromatic heterocycles. The number of nitrogens with one attached hydrogen (secondary N) is 2. The van der Waals surface area contributed by atoms with Crippen molar-refractivity contribution in [1.29, 1.82) is 0 Å². The Labute approximate surface area is 203 Å². The van der Waals surface area contributed by atoms with Gasteiger partial charge in [-0.05, 0) is 66.8 Å². The van der Waals surface area contributed by atoms with E-state index >= 15 is 0 Å². The lowest BCUT2D eigenvalue weighted by molar-refractivity contribution is 0.0714. The van der Waals surface area contributed by atoms with E-state index in [1.807, 2.05) is 12.1 Å². The number of halogens is 1. The summed E-state index contributed by atoms with van der Waals surface area (Å²) >= 11 is 5.88. The van der Waals surface area contributed by atoms with E-state index in [9.17, 15) is 13.2 Å². The third kappa shape index (κ3) is 4.41.